The van der Waals surface area contributed by atoms with Crippen LogP contribution in [-0.4, -0.2) is 62.2 Å². The van der Waals surface area contributed by atoms with E-state index in [2.05, 4.69) is 0 Å². The van der Waals surface area contributed by atoms with Gasteiger partial charge in [0.1, 0.15) is 11.5 Å². The van der Waals surface area contributed by atoms with Crippen LogP contribution in [0.15, 0.2) is 42.0 Å². The van der Waals surface area contributed by atoms with Gasteiger partial charge in [-0.3, -0.25) is 9.59 Å². The predicted octanol–water partition coefficient (Wildman–Crippen LogP) is 4.22. The fourth-order valence-electron chi connectivity index (χ4n) is 4.34. The molecule has 7 nitrogen and oxygen atoms in total. The molecule has 1 heterocycles. The number of Topliss-reactive ketones (excluding diaryl/α,β-unsaturated/α-hetero) is 1. The molecule has 1 saturated heterocycles. The molecule has 0 aromatic heterocycles. The second-order valence-electron chi connectivity index (χ2n) is 9.06. The van der Waals surface area contributed by atoms with Gasteiger partial charge in [-0.1, -0.05) is 18.2 Å². The van der Waals surface area contributed by atoms with E-state index >= 15 is 0 Å². The van der Waals surface area contributed by atoms with Crippen molar-refractivity contribution in [2.45, 2.75) is 39.8 Å². The second kappa shape index (κ2) is 10.3. The molecule has 1 atom stereocenters. The minimum Gasteiger partial charge on any atom is -0.507 e. The number of aliphatic hydroxyl groups is 1. The Balaban J connectivity index is 2.19. The molecule has 0 spiro atoms. The molecule has 1 aliphatic heterocycles. The van der Waals surface area contributed by atoms with Crippen LogP contribution in [-0.2, 0) is 14.3 Å². The fourth-order valence-corrected chi connectivity index (χ4v) is 4.34. The number of hydrogen-bond acceptors (Lipinski definition) is 6. The van der Waals surface area contributed by atoms with Crippen LogP contribution in [0.2, 0.25) is 0 Å². The molecule has 1 aliphatic rings. The molecule has 0 saturated carbocycles. The van der Waals surface area contributed by atoms with Crippen molar-refractivity contribution < 1.29 is 24.2 Å². The number of methoxy groups -OCH3 is 1. The summed E-state index contributed by atoms with van der Waals surface area (Å²) in [5.74, 6) is -1.14. The van der Waals surface area contributed by atoms with Crippen molar-refractivity contribution in [3.8, 4) is 5.75 Å². The number of carbonyl (C=O) groups is 2. The third kappa shape index (κ3) is 4.94. The highest BCUT2D eigenvalue weighted by atomic mass is 16.5. The average molecular weight is 467 g/mol. The van der Waals surface area contributed by atoms with E-state index in [1.54, 1.807) is 6.07 Å². The number of hydrogen-bond donors (Lipinski definition) is 1. The van der Waals surface area contributed by atoms with Gasteiger partial charge >= 0.3 is 0 Å². The summed E-state index contributed by atoms with van der Waals surface area (Å²) < 4.78 is 11.2. The van der Waals surface area contributed by atoms with E-state index in [1.165, 1.54) is 12.0 Å². The molecule has 182 valence electrons. The highest BCUT2D eigenvalue weighted by molar-refractivity contribution is 6.46. The minimum atomic E-state index is -0.738. The van der Waals surface area contributed by atoms with E-state index in [0.29, 0.717) is 11.3 Å². The summed E-state index contributed by atoms with van der Waals surface area (Å²) in [5.41, 5.74) is 3.91. The lowest BCUT2D eigenvalue weighted by Gasteiger charge is -2.26. The highest BCUT2D eigenvalue weighted by Crippen LogP contribution is 2.42. The van der Waals surface area contributed by atoms with Crippen LogP contribution in [0.1, 0.15) is 42.1 Å². The van der Waals surface area contributed by atoms with Gasteiger partial charge in [0.25, 0.3) is 11.7 Å². The maximum atomic E-state index is 13.3. The van der Waals surface area contributed by atoms with Crippen LogP contribution in [0, 0.1) is 13.8 Å². The first-order valence-corrected chi connectivity index (χ1v) is 11.4. The SMILES string of the molecule is COc1c(C)cc(C)cc1/C(O)=C1\C(=O)C(=O)N(CCOC(C)C)C1c1ccc(N(C)C)cc1. The lowest BCUT2D eigenvalue weighted by Crippen LogP contribution is -2.33. The van der Waals surface area contributed by atoms with Gasteiger partial charge in [-0.05, 0) is 62.6 Å². The molecule has 0 aliphatic carbocycles. The van der Waals surface area contributed by atoms with Gasteiger partial charge in [-0.15, -0.1) is 0 Å². The maximum Gasteiger partial charge on any atom is 0.295 e. The Morgan fingerprint density at radius 3 is 2.32 bits per heavy atom. The molecule has 1 fully saturated rings. The number of benzene rings is 2. The first kappa shape index (κ1) is 25.3. The number of rotatable bonds is 8. The lowest BCUT2D eigenvalue weighted by atomic mass is 9.93. The maximum absolute atomic E-state index is 13.3. The zero-order chi connectivity index (χ0) is 25.2. The van der Waals surface area contributed by atoms with Crippen molar-refractivity contribution in [2.24, 2.45) is 0 Å². The summed E-state index contributed by atoms with van der Waals surface area (Å²) in [4.78, 5) is 29.8. The molecular weight excluding hydrogens is 432 g/mol. The largest absolute Gasteiger partial charge is 0.507 e. The smallest absolute Gasteiger partial charge is 0.295 e. The summed E-state index contributed by atoms with van der Waals surface area (Å²) in [6, 6.07) is 10.6. The van der Waals surface area contributed by atoms with Crippen LogP contribution in [0.5, 0.6) is 5.75 Å². The Hall–Kier alpha value is -3.32. The van der Waals surface area contributed by atoms with Crippen molar-refractivity contribution in [3.63, 3.8) is 0 Å². The van der Waals surface area contributed by atoms with Gasteiger partial charge in [-0.25, -0.2) is 0 Å². The van der Waals surface area contributed by atoms with Gasteiger partial charge in [0, 0.05) is 26.3 Å². The standard InChI is InChI=1S/C27H34N2O5/c1-16(2)34-13-12-29-23(19-8-10-20(11-9-19)28(5)6)22(25(31)27(29)32)24(30)21-15-17(3)14-18(4)26(21)33-7/h8-11,14-16,23,30H,12-13H2,1-7H3/b24-22+. The number of carbonyl (C=O) groups excluding carboxylic acids is 2. The number of likely N-dealkylation sites (tertiary alicyclic amines) is 1. The number of aryl methyl sites for hydroxylation is 2. The number of ketones is 1. The van der Waals surface area contributed by atoms with Crippen LogP contribution in [0.25, 0.3) is 5.76 Å². The molecule has 3 rings (SSSR count). The Morgan fingerprint density at radius 1 is 1.12 bits per heavy atom. The van der Waals surface area contributed by atoms with Gasteiger partial charge in [0.05, 0.1) is 37.0 Å². The molecule has 1 unspecified atom stereocenters. The molecule has 2 aromatic rings. The van der Waals surface area contributed by atoms with E-state index in [4.69, 9.17) is 9.47 Å². The molecule has 0 radical (unpaired) electrons. The van der Waals surface area contributed by atoms with Crippen LogP contribution < -0.4 is 9.64 Å². The first-order chi connectivity index (χ1) is 16.1. The minimum absolute atomic E-state index is 0.00539. The molecule has 2 aromatic carbocycles. The fraction of sp³-hybridized carbons (Fsp3) is 0.407. The van der Waals surface area contributed by atoms with Gasteiger partial charge in [-0.2, -0.15) is 0 Å². The van der Waals surface area contributed by atoms with Crippen LogP contribution in [0.4, 0.5) is 5.69 Å². The van der Waals surface area contributed by atoms with E-state index < -0.39 is 17.7 Å². The third-order valence-corrected chi connectivity index (χ3v) is 5.93. The summed E-state index contributed by atoms with van der Waals surface area (Å²) in [6.45, 7) is 8.12. The molecule has 7 heteroatoms. The van der Waals surface area contributed by atoms with E-state index in [-0.39, 0.29) is 30.6 Å². The van der Waals surface area contributed by atoms with Crippen molar-refractivity contribution in [1.82, 2.24) is 4.90 Å². The average Bonchev–Trinajstić information content (AvgIpc) is 3.03. The van der Waals surface area contributed by atoms with Crippen molar-refractivity contribution >= 4 is 23.1 Å². The Kier molecular flexibility index (Phi) is 7.67. The van der Waals surface area contributed by atoms with Crippen molar-refractivity contribution in [3.05, 3.63) is 64.2 Å². The summed E-state index contributed by atoms with van der Waals surface area (Å²) in [5, 5.41) is 11.4. The van der Waals surface area contributed by atoms with E-state index in [0.717, 1.165) is 22.4 Å². The number of amides is 1. The number of anilines is 1. The quantitative estimate of drug-likeness (QED) is 0.356. The van der Waals surface area contributed by atoms with Gasteiger partial charge < -0.3 is 24.4 Å². The summed E-state index contributed by atoms with van der Waals surface area (Å²) in [7, 11) is 5.40. The van der Waals surface area contributed by atoms with Crippen molar-refractivity contribution in [1.29, 1.82) is 0 Å². The van der Waals surface area contributed by atoms with Crippen molar-refractivity contribution in [2.75, 3.05) is 39.3 Å². The van der Waals surface area contributed by atoms with Gasteiger partial charge in [0.2, 0.25) is 0 Å². The van der Waals surface area contributed by atoms with E-state index in [9.17, 15) is 14.7 Å². The molecule has 0 bridgehead atoms. The zero-order valence-corrected chi connectivity index (χ0v) is 21.0. The molecular formula is C27H34N2O5. The van der Waals surface area contributed by atoms with E-state index in [1.807, 2.05) is 77.0 Å². The van der Waals surface area contributed by atoms with Crippen LogP contribution >= 0.6 is 0 Å². The normalized spacial score (nSPS) is 17.5. The predicted molar refractivity (Wildman–Crippen MR) is 133 cm³/mol. The Labute approximate surface area is 201 Å². The molecule has 1 amide bonds. The first-order valence-electron chi connectivity index (χ1n) is 11.4. The second-order valence-corrected chi connectivity index (χ2v) is 9.06. The van der Waals surface area contributed by atoms with Crippen LogP contribution in [0.3, 0.4) is 0 Å². The van der Waals surface area contributed by atoms with Gasteiger partial charge in [0.15, 0.2) is 0 Å². The topological polar surface area (TPSA) is 79.3 Å². The summed E-state index contributed by atoms with van der Waals surface area (Å²) in [6.07, 6.45) is -0.00539. The number of aliphatic hydroxyl groups excluding tert-OH is 1. The highest BCUT2D eigenvalue weighted by Gasteiger charge is 2.46. The molecule has 1 N–H and O–H groups in total. The zero-order valence-electron chi connectivity index (χ0n) is 21.0. The third-order valence-electron chi connectivity index (χ3n) is 5.93. The lowest BCUT2D eigenvalue weighted by molar-refractivity contribution is -0.140. The summed E-state index contributed by atoms with van der Waals surface area (Å²) >= 11 is 0. The number of ether oxygens (including phenoxy) is 2. The monoisotopic (exact) mass is 466 g/mol. The Morgan fingerprint density at radius 2 is 1.76 bits per heavy atom. The number of nitrogens with zero attached hydrogens (tertiary/aromatic N) is 2. The molecule has 34 heavy (non-hydrogen) atoms. The Bertz CT molecular complexity index is 1100.